The molecule has 6 heteroatoms. The molecule has 5 nitrogen and oxygen atoms in total. The fourth-order valence-electron chi connectivity index (χ4n) is 1.45. The lowest BCUT2D eigenvalue weighted by Crippen LogP contribution is -2.54. The lowest BCUT2D eigenvalue weighted by Gasteiger charge is -2.29. The van der Waals surface area contributed by atoms with Crippen LogP contribution >= 0.6 is 15.9 Å². The molecule has 0 aliphatic carbocycles. The summed E-state index contributed by atoms with van der Waals surface area (Å²) in [7, 11) is 0. The van der Waals surface area contributed by atoms with Crippen molar-refractivity contribution in [3.8, 4) is 5.75 Å². The maximum absolute atomic E-state index is 11.7. The van der Waals surface area contributed by atoms with E-state index in [0.29, 0.717) is 12.2 Å². The highest BCUT2D eigenvalue weighted by Crippen LogP contribution is 2.16. The molecule has 0 heterocycles. The molecule has 0 saturated carbocycles. The second-order valence-corrected chi connectivity index (χ2v) is 5.16. The average molecular weight is 332 g/mol. The number of carbonyl (C=O) groups is 1. The van der Waals surface area contributed by atoms with Gasteiger partial charge in [-0.25, -0.2) is 0 Å². The molecule has 3 N–H and O–H groups in total. The summed E-state index contributed by atoms with van der Waals surface area (Å²) in [4.78, 5) is 11.7. The van der Waals surface area contributed by atoms with Crippen LogP contribution in [-0.2, 0) is 4.79 Å². The minimum atomic E-state index is -0.986. The van der Waals surface area contributed by atoms with Gasteiger partial charge in [-0.15, -0.1) is 0 Å². The summed E-state index contributed by atoms with van der Waals surface area (Å²) in [6.07, 6.45) is 0.435. The van der Waals surface area contributed by atoms with E-state index in [9.17, 15) is 15.0 Å². The predicted molar refractivity (Wildman–Crippen MR) is 75.0 cm³/mol. The Morgan fingerprint density at radius 3 is 2.37 bits per heavy atom. The average Bonchev–Trinajstić information content (AvgIpc) is 2.44. The molecule has 1 amide bonds. The SMILES string of the molecule is CCC(CO)(CO)NC(=O)COc1ccc(Br)cc1. The Labute approximate surface area is 120 Å². The molecule has 1 aromatic rings. The van der Waals surface area contributed by atoms with Gasteiger partial charge in [-0.3, -0.25) is 4.79 Å². The monoisotopic (exact) mass is 331 g/mol. The van der Waals surface area contributed by atoms with Gasteiger partial charge in [-0.05, 0) is 30.7 Å². The van der Waals surface area contributed by atoms with Crippen molar-refractivity contribution in [3.63, 3.8) is 0 Å². The lowest BCUT2D eigenvalue weighted by molar-refractivity contribution is -0.126. The summed E-state index contributed by atoms with van der Waals surface area (Å²) in [5.41, 5.74) is -0.986. The molecule has 0 radical (unpaired) electrons. The van der Waals surface area contributed by atoms with E-state index in [-0.39, 0.29) is 25.7 Å². The van der Waals surface area contributed by atoms with E-state index in [1.54, 1.807) is 19.1 Å². The second kappa shape index (κ2) is 7.47. The summed E-state index contributed by atoms with van der Waals surface area (Å²) in [6, 6.07) is 7.10. The van der Waals surface area contributed by atoms with Gasteiger partial charge >= 0.3 is 0 Å². The van der Waals surface area contributed by atoms with Gasteiger partial charge in [0.2, 0.25) is 0 Å². The molecule has 0 aromatic heterocycles. The topological polar surface area (TPSA) is 78.8 Å². The molecule has 1 rings (SSSR count). The largest absolute Gasteiger partial charge is 0.484 e. The van der Waals surface area contributed by atoms with Gasteiger partial charge in [0.25, 0.3) is 5.91 Å². The summed E-state index contributed by atoms with van der Waals surface area (Å²) in [5.74, 6) is 0.196. The number of amides is 1. The first-order chi connectivity index (χ1) is 9.05. The first-order valence-corrected chi connectivity index (χ1v) is 6.75. The van der Waals surface area contributed by atoms with Crippen molar-refractivity contribution in [2.24, 2.45) is 0 Å². The predicted octanol–water partition coefficient (Wildman–Crippen LogP) is 1.08. The maximum atomic E-state index is 11.7. The Morgan fingerprint density at radius 1 is 1.32 bits per heavy atom. The molecule has 0 spiro atoms. The number of hydrogen-bond donors (Lipinski definition) is 3. The number of nitrogens with one attached hydrogen (secondary N) is 1. The Balaban J connectivity index is 2.49. The normalized spacial score (nSPS) is 11.2. The molecule has 0 atom stereocenters. The Kier molecular flexibility index (Phi) is 6.27. The second-order valence-electron chi connectivity index (χ2n) is 4.24. The molecule has 0 bridgehead atoms. The Morgan fingerprint density at radius 2 is 1.89 bits per heavy atom. The number of carbonyl (C=O) groups excluding carboxylic acids is 1. The van der Waals surface area contributed by atoms with Crippen LogP contribution in [0.3, 0.4) is 0 Å². The van der Waals surface area contributed by atoms with E-state index in [0.717, 1.165) is 4.47 Å². The first kappa shape index (κ1) is 15.9. The van der Waals surface area contributed by atoms with E-state index in [2.05, 4.69) is 21.2 Å². The molecule has 19 heavy (non-hydrogen) atoms. The fourth-order valence-corrected chi connectivity index (χ4v) is 1.72. The van der Waals surface area contributed by atoms with Crippen molar-refractivity contribution >= 4 is 21.8 Å². The number of ether oxygens (including phenoxy) is 1. The maximum Gasteiger partial charge on any atom is 0.258 e. The summed E-state index contributed by atoms with van der Waals surface area (Å²) >= 11 is 3.30. The molecule has 1 aromatic carbocycles. The zero-order valence-corrected chi connectivity index (χ0v) is 12.3. The smallest absolute Gasteiger partial charge is 0.258 e. The first-order valence-electron chi connectivity index (χ1n) is 5.96. The van der Waals surface area contributed by atoms with Crippen molar-refractivity contribution in [1.82, 2.24) is 5.32 Å². The van der Waals surface area contributed by atoms with Gasteiger partial charge in [-0.2, -0.15) is 0 Å². The molecule has 0 unspecified atom stereocenters. The molecule has 0 aliphatic heterocycles. The summed E-state index contributed by atoms with van der Waals surface area (Å²) < 4.78 is 6.23. The highest BCUT2D eigenvalue weighted by Gasteiger charge is 2.28. The third-order valence-electron chi connectivity index (χ3n) is 2.87. The van der Waals surface area contributed by atoms with Crippen LogP contribution in [0.15, 0.2) is 28.7 Å². The van der Waals surface area contributed by atoms with Crippen LogP contribution in [0.4, 0.5) is 0 Å². The zero-order chi connectivity index (χ0) is 14.3. The molecular weight excluding hydrogens is 314 g/mol. The van der Waals surface area contributed by atoms with Crippen LogP contribution in [0.2, 0.25) is 0 Å². The van der Waals surface area contributed by atoms with Crippen LogP contribution in [0.5, 0.6) is 5.75 Å². The van der Waals surface area contributed by atoms with E-state index in [1.165, 1.54) is 0 Å². The summed E-state index contributed by atoms with van der Waals surface area (Å²) in [6.45, 7) is 0.986. The van der Waals surface area contributed by atoms with Crippen molar-refractivity contribution in [3.05, 3.63) is 28.7 Å². The van der Waals surface area contributed by atoms with Crippen molar-refractivity contribution in [2.45, 2.75) is 18.9 Å². The van der Waals surface area contributed by atoms with Crippen LogP contribution in [0.25, 0.3) is 0 Å². The molecule has 106 valence electrons. The molecule has 0 fully saturated rings. The quantitative estimate of drug-likeness (QED) is 0.698. The van der Waals surface area contributed by atoms with Crippen molar-refractivity contribution in [1.29, 1.82) is 0 Å². The lowest BCUT2D eigenvalue weighted by atomic mass is 9.98. The number of hydrogen-bond acceptors (Lipinski definition) is 4. The molecular formula is C13H18BrNO4. The van der Waals surface area contributed by atoms with Gasteiger partial charge in [0, 0.05) is 4.47 Å². The minimum Gasteiger partial charge on any atom is -0.484 e. The number of halogens is 1. The van der Waals surface area contributed by atoms with Gasteiger partial charge in [0.1, 0.15) is 5.75 Å². The van der Waals surface area contributed by atoms with Crippen LogP contribution in [-0.4, -0.2) is 41.5 Å². The van der Waals surface area contributed by atoms with Crippen LogP contribution in [0.1, 0.15) is 13.3 Å². The zero-order valence-electron chi connectivity index (χ0n) is 10.7. The standard InChI is InChI=1S/C13H18BrNO4/c1-2-13(8-16,9-17)15-12(18)7-19-11-5-3-10(14)4-6-11/h3-6,16-17H,2,7-9H2,1H3,(H,15,18). The van der Waals surface area contributed by atoms with E-state index < -0.39 is 5.54 Å². The minimum absolute atomic E-state index is 0.163. The number of aliphatic hydroxyl groups excluding tert-OH is 2. The van der Waals surface area contributed by atoms with Gasteiger partial charge in [0.15, 0.2) is 6.61 Å². The van der Waals surface area contributed by atoms with Crippen molar-refractivity contribution < 1.29 is 19.7 Å². The summed E-state index contributed by atoms with van der Waals surface area (Å²) in [5, 5.41) is 21.0. The number of aliphatic hydroxyl groups is 2. The molecule has 0 saturated heterocycles. The third kappa shape index (κ3) is 4.81. The van der Waals surface area contributed by atoms with Crippen LogP contribution < -0.4 is 10.1 Å². The number of benzene rings is 1. The fraction of sp³-hybridized carbons (Fsp3) is 0.462. The van der Waals surface area contributed by atoms with Crippen molar-refractivity contribution in [2.75, 3.05) is 19.8 Å². The van der Waals surface area contributed by atoms with Gasteiger partial charge in [0.05, 0.1) is 18.8 Å². The molecule has 0 aliphatic rings. The highest BCUT2D eigenvalue weighted by molar-refractivity contribution is 9.10. The van der Waals surface area contributed by atoms with Gasteiger partial charge in [-0.1, -0.05) is 22.9 Å². The van der Waals surface area contributed by atoms with E-state index in [4.69, 9.17) is 4.74 Å². The van der Waals surface area contributed by atoms with E-state index >= 15 is 0 Å². The third-order valence-corrected chi connectivity index (χ3v) is 3.40. The Bertz CT molecular complexity index is 395. The van der Waals surface area contributed by atoms with Gasteiger partial charge < -0.3 is 20.3 Å². The van der Waals surface area contributed by atoms with Crippen LogP contribution in [0, 0.1) is 0 Å². The number of rotatable bonds is 7. The van der Waals surface area contributed by atoms with E-state index in [1.807, 2.05) is 12.1 Å². The Hall–Kier alpha value is -1.11. The highest BCUT2D eigenvalue weighted by atomic mass is 79.9.